The first-order valence-corrected chi connectivity index (χ1v) is 11.6. The van der Waals surface area contributed by atoms with Gasteiger partial charge >= 0.3 is 0 Å². The summed E-state index contributed by atoms with van der Waals surface area (Å²) < 4.78 is 0. The van der Waals surface area contributed by atoms with E-state index in [4.69, 9.17) is 10.7 Å². The Morgan fingerprint density at radius 2 is 1.56 bits per heavy atom. The minimum atomic E-state index is -1.14. The van der Waals surface area contributed by atoms with Crippen LogP contribution in [0.1, 0.15) is 49.7 Å². The van der Waals surface area contributed by atoms with Gasteiger partial charge in [0, 0.05) is 18.9 Å². The number of rotatable bonds is 9. The van der Waals surface area contributed by atoms with Crippen LogP contribution in [0.2, 0.25) is 0 Å². The third-order valence-electron chi connectivity index (χ3n) is 6.60. The fourth-order valence-electron chi connectivity index (χ4n) is 4.79. The highest BCUT2D eigenvalue weighted by molar-refractivity contribution is 6.09. The molecule has 1 saturated heterocycles. The van der Waals surface area contributed by atoms with Crippen LogP contribution in [0.15, 0.2) is 65.7 Å². The van der Waals surface area contributed by atoms with E-state index in [2.05, 4.69) is 5.32 Å². The molecule has 6 heteroatoms. The molecule has 0 saturated carbocycles. The number of hydrogen-bond acceptors (Lipinski definition) is 5. The Hall–Kier alpha value is -2.99. The molecule has 2 aromatic rings. The van der Waals surface area contributed by atoms with Crippen LogP contribution in [0.5, 0.6) is 0 Å². The summed E-state index contributed by atoms with van der Waals surface area (Å²) in [7, 11) is 0. The summed E-state index contributed by atoms with van der Waals surface area (Å²) in [6.07, 6.45) is 5.06. The second-order valence-corrected chi connectivity index (χ2v) is 8.67. The van der Waals surface area contributed by atoms with E-state index in [1.54, 1.807) is 4.90 Å². The van der Waals surface area contributed by atoms with Crippen molar-refractivity contribution < 1.29 is 9.59 Å². The fourth-order valence-corrected chi connectivity index (χ4v) is 4.79. The van der Waals surface area contributed by atoms with Crippen molar-refractivity contribution in [3.63, 3.8) is 0 Å². The monoisotopic (exact) mass is 432 g/mol. The van der Waals surface area contributed by atoms with E-state index in [-0.39, 0.29) is 17.8 Å². The van der Waals surface area contributed by atoms with Crippen molar-refractivity contribution in [1.29, 1.82) is 0 Å². The van der Waals surface area contributed by atoms with Gasteiger partial charge in [-0.05, 0) is 49.9 Å². The molecule has 4 rings (SSSR count). The number of carbonyl (C=O) groups is 2. The summed E-state index contributed by atoms with van der Waals surface area (Å²) in [6.45, 7) is 2.39. The second kappa shape index (κ2) is 10.1. The van der Waals surface area contributed by atoms with E-state index in [1.165, 1.54) is 0 Å². The van der Waals surface area contributed by atoms with Crippen molar-refractivity contribution in [3.05, 3.63) is 71.8 Å². The quantitative estimate of drug-likeness (QED) is 0.596. The largest absolute Gasteiger partial charge is 0.369 e. The number of hydrogen-bond donors (Lipinski definition) is 2. The van der Waals surface area contributed by atoms with Crippen molar-refractivity contribution >= 4 is 17.6 Å². The maximum Gasteiger partial charge on any atom is 0.266 e. The first-order valence-electron chi connectivity index (χ1n) is 11.6. The molecule has 32 heavy (non-hydrogen) atoms. The molecular weight excluding hydrogens is 400 g/mol. The van der Waals surface area contributed by atoms with E-state index in [1.807, 2.05) is 60.7 Å². The lowest BCUT2D eigenvalue weighted by atomic mass is 9.83. The van der Waals surface area contributed by atoms with Crippen LogP contribution < -0.4 is 11.1 Å². The minimum absolute atomic E-state index is 0.113. The van der Waals surface area contributed by atoms with Crippen LogP contribution in [0, 0.1) is 5.92 Å². The molecule has 6 nitrogen and oxygen atoms in total. The van der Waals surface area contributed by atoms with Gasteiger partial charge in [0.05, 0.1) is 0 Å². The third kappa shape index (κ3) is 4.46. The van der Waals surface area contributed by atoms with Gasteiger partial charge in [0.15, 0.2) is 11.5 Å². The fraction of sp³-hybridized carbons (Fsp3) is 0.423. The average molecular weight is 433 g/mol. The van der Waals surface area contributed by atoms with Gasteiger partial charge in [0.25, 0.3) is 5.91 Å². The van der Waals surface area contributed by atoms with Gasteiger partial charge in [0.1, 0.15) is 5.78 Å². The Labute approximate surface area is 189 Å². The number of nitrogens with one attached hydrogen (secondary N) is 1. The maximum absolute atomic E-state index is 13.7. The molecule has 1 fully saturated rings. The maximum atomic E-state index is 13.7. The number of ketones is 1. The lowest BCUT2D eigenvalue weighted by Crippen LogP contribution is -2.44. The Kier molecular flexibility index (Phi) is 7.00. The van der Waals surface area contributed by atoms with E-state index in [9.17, 15) is 9.59 Å². The molecule has 168 valence electrons. The number of nitrogens with two attached hydrogens (primary N) is 1. The van der Waals surface area contributed by atoms with Crippen molar-refractivity contribution in [2.24, 2.45) is 16.6 Å². The molecule has 0 spiro atoms. The highest BCUT2D eigenvalue weighted by Crippen LogP contribution is 2.39. The normalized spacial score (nSPS) is 18.6. The number of Topliss-reactive ketones (excluding diaryl/α,β-unsaturated/α-hetero) is 1. The Balaban J connectivity index is 1.39. The number of carbonyl (C=O) groups excluding carboxylic acids is 2. The topological polar surface area (TPSA) is 87.8 Å². The molecule has 0 aliphatic carbocycles. The van der Waals surface area contributed by atoms with Gasteiger partial charge < -0.3 is 11.1 Å². The number of aliphatic imine (C=N–C) groups is 1. The van der Waals surface area contributed by atoms with E-state index < -0.39 is 5.54 Å². The number of piperidine rings is 1. The van der Waals surface area contributed by atoms with Gasteiger partial charge in [-0.3, -0.25) is 14.5 Å². The lowest BCUT2D eigenvalue weighted by molar-refractivity contribution is -0.130. The van der Waals surface area contributed by atoms with Crippen molar-refractivity contribution in [1.82, 2.24) is 10.2 Å². The summed E-state index contributed by atoms with van der Waals surface area (Å²) in [6, 6.07) is 19.2. The van der Waals surface area contributed by atoms with Crippen LogP contribution >= 0.6 is 0 Å². The first-order chi connectivity index (χ1) is 15.6. The zero-order valence-electron chi connectivity index (χ0n) is 18.5. The molecule has 0 bridgehead atoms. The van der Waals surface area contributed by atoms with Crippen LogP contribution in [-0.4, -0.2) is 42.2 Å². The van der Waals surface area contributed by atoms with Crippen LogP contribution in [0.25, 0.3) is 0 Å². The summed E-state index contributed by atoms with van der Waals surface area (Å²) in [5.74, 6) is 0.750. The molecule has 0 aromatic heterocycles. The molecular formula is C26H32N4O2. The molecule has 0 radical (unpaired) electrons. The summed E-state index contributed by atoms with van der Waals surface area (Å²) in [5, 5.41) is 3.30. The van der Waals surface area contributed by atoms with Gasteiger partial charge in [-0.1, -0.05) is 67.1 Å². The summed E-state index contributed by atoms with van der Waals surface area (Å²) in [5.41, 5.74) is 6.76. The molecule has 0 unspecified atom stereocenters. The first kappa shape index (κ1) is 22.2. The van der Waals surface area contributed by atoms with E-state index >= 15 is 0 Å². The van der Waals surface area contributed by atoms with Crippen LogP contribution in [0.4, 0.5) is 0 Å². The van der Waals surface area contributed by atoms with Gasteiger partial charge in [-0.15, -0.1) is 0 Å². The standard InChI is InChI=1S/C26H32N4O2/c27-25-29-26(21-10-4-1-5-11-21,22-12-6-2-7-13-22)24(32)30(25)19-9-3-8-14-23(31)20-15-17-28-18-16-20/h1-2,4-7,10-13,20,28H,3,8-9,14-19H2,(H2,27,29). The molecule has 0 atom stereocenters. The summed E-state index contributed by atoms with van der Waals surface area (Å²) in [4.78, 5) is 32.4. The summed E-state index contributed by atoms with van der Waals surface area (Å²) >= 11 is 0. The molecule has 2 heterocycles. The van der Waals surface area contributed by atoms with Gasteiger partial charge in [-0.25, -0.2) is 4.99 Å². The lowest BCUT2D eigenvalue weighted by Gasteiger charge is -2.27. The molecule has 3 N–H and O–H groups in total. The van der Waals surface area contributed by atoms with E-state index in [0.29, 0.717) is 18.7 Å². The van der Waals surface area contributed by atoms with E-state index in [0.717, 1.165) is 56.3 Å². The second-order valence-electron chi connectivity index (χ2n) is 8.67. The van der Waals surface area contributed by atoms with Gasteiger partial charge in [-0.2, -0.15) is 0 Å². The van der Waals surface area contributed by atoms with Crippen LogP contribution in [-0.2, 0) is 15.1 Å². The Bertz CT molecular complexity index is 913. The van der Waals surface area contributed by atoms with Gasteiger partial charge in [0.2, 0.25) is 0 Å². The SMILES string of the molecule is NC1=NC(c2ccccc2)(c2ccccc2)C(=O)N1CCCCCC(=O)C1CCNCC1. The van der Waals surface area contributed by atoms with Crippen LogP contribution in [0.3, 0.4) is 0 Å². The predicted octanol–water partition coefficient (Wildman–Crippen LogP) is 3.22. The molecule has 1 amide bonds. The zero-order chi connectivity index (χ0) is 22.4. The Morgan fingerprint density at radius 3 is 2.16 bits per heavy atom. The highest BCUT2D eigenvalue weighted by Gasteiger charge is 2.50. The smallest absolute Gasteiger partial charge is 0.266 e. The molecule has 2 aliphatic rings. The molecule has 2 aromatic carbocycles. The molecule has 2 aliphatic heterocycles. The number of unbranched alkanes of at least 4 members (excludes halogenated alkanes) is 2. The predicted molar refractivity (Wildman–Crippen MR) is 126 cm³/mol. The number of amides is 1. The van der Waals surface area contributed by atoms with Crippen molar-refractivity contribution in [3.8, 4) is 0 Å². The number of nitrogens with zero attached hydrogens (tertiary/aromatic N) is 2. The minimum Gasteiger partial charge on any atom is -0.369 e. The number of benzene rings is 2. The zero-order valence-corrected chi connectivity index (χ0v) is 18.5. The third-order valence-corrected chi connectivity index (χ3v) is 6.60. The van der Waals surface area contributed by atoms with Crippen molar-refractivity contribution in [2.45, 2.75) is 44.1 Å². The van der Waals surface area contributed by atoms with Crippen molar-refractivity contribution in [2.75, 3.05) is 19.6 Å². The Morgan fingerprint density at radius 1 is 0.969 bits per heavy atom. The number of guanidine groups is 1. The highest BCUT2D eigenvalue weighted by atomic mass is 16.2. The average Bonchev–Trinajstić information content (AvgIpc) is 3.11.